The SMILES string of the molecule is CCC(C)NC(=O)CN1C(=O)C(C)(C)c2cc(S(=O)(=O)N3CCC(C)CC3)ccc21. The lowest BCUT2D eigenvalue weighted by Gasteiger charge is -2.29. The van der Waals surface area contributed by atoms with E-state index in [0.717, 1.165) is 19.3 Å². The van der Waals surface area contributed by atoms with Gasteiger partial charge in [0, 0.05) is 24.8 Å². The zero-order valence-electron chi connectivity index (χ0n) is 18.6. The predicted molar refractivity (Wildman–Crippen MR) is 117 cm³/mol. The number of nitrogens with one attached hydrogen (secondary N) is 1. The lowest BCUT2D eigenvalue weighted by atomic mass is 9.86. The lowest BCUT2D eigenvalue weighted by molar-refractivity contribution is -0.125. The van der Waals surface area contributed by atoms with Gasteiger partial charge in [0.1, 0.15) is 6.54 Å². The number of nitrogens with zero attached hydrogens (tertiary/aromatic N) is 2. The standard InChI is InChI=1S/C22H33N3O4S/c1-6-16(3)23-20(26)14-25-19-8-7-17(13-18(19)22(4,5)21(25)27)30(28,29)24-11-9-15(2)10-12-24/h7-8,13,15-16H,6,9-12,14H2,1-5H3,(H,23,26). The molecule has 2 amide bonds. The van der Waals surface area contributed by atoms with Gasteiger partial charge in [-0.15, -0.1) is 0 Å². The quantitative estimate of drug-likeness (QED) is 0.744. The van der Waals surface area contributed by atoms with Crippen LogP contribution < -0.4 is 10.2 Å². The molecule has 1 N–H and O–H groups in total. The average Bonchev–Trinajstić information content (AvgIpc) is 2.88. The number of rotatable bonds is 6. The second-order valence-corrected chi connectivity index (χ2v) is 11.1. The number of anilines is 1. The minimum atomic E-state index is -3.61. The Morgan fingerprint density at radius 2 is 1.90 bits per heavy atom. The van der Waals surface area contributed by atoms with Gasteiger partial charge in [-0.05, 0) is 69.7 Å². The molecular weight excluding hydrogens is 402 g/mol. The van der Waals surface area contributed by atoms with Gasteiger partial charge in [0.15, 0.2) is 0 Å². The molecule has 2 aliphatic rings. The number of benzene rings is 1. The maximum absolute atomic E-state index is 13.2. The van der Waals surface area contributed by atoms with E-state index in [4.69, 9.17) is 0 Å². The van der Waals surface area contributed by atoms with E-state index >= 15 is 0 Å². The summed E-state index contributed by atoms with van der Waals surface area (Å²) in [4.78, 5) is 27.1. The first-order valence-electron chi connectivity index (χ1n) is 10.7. The number of amides is 2. The molecule has 8 heteroatoms. The van der Waals surface area contributed by atoms with Crippen LogP contribution in [0.15, 0.2) is 23.1 Å². The van der Waals surface area contributed by atoms with Gasteiger partial charge in [0.25, 0.3) is 0 Å². The van der Waals surface area contributed by atoms with Crippen LogP contribution >= 0.6 is 0 Å². The van der Waals surface area contributed by atoms with E-state index < -0.39 is 15.4 Å². The van der Waals surface area contributed by atoms with Crippen molar-refractivity contribution in [3.63, 3.8) is 0 Å². The van der Waals surface area contributed by atoms with Crippen molar-refractivity contribution in [3.8, 4) is 0 Å². The third kappa shape index (κ3) is 4.12. The van der Waals surface area contributed by atoms with Gasteiger partial charge in [-0.3, -0.25) is 9.59 Å². The summed E-state index contributed by atoms with van der Waals surface area (Å²) in [5, 5.41) is 2.88. The Morgan fingerprint density at radius 1 is 1.27 bits per heavy atom. The van der Waals surface area contributed by atoms with Crippen LogP contribution in [0.4, 0.5) is 5.69 Å². The number of sulfonamides is 1. The Balaban J connectivity index is 1.90. The monoisotopic (exact) mass is 435 g/mol. The van der Waals surface area contributed by atoms with E-state index in [1.54, 1.807) is 32.0 Å². The van der Waals surface area contributed by atoms with Crippen molar-refractivity contribution in [2.45, 2.75) is 70.2 Å². The number of hydrogen-bond donors (Lipinski definition) is 1. The Labute approximate surface area is 179 Å². The largest absolute Gasteiger partial charge is 0.352 e. The maximum atomic E-state index is 13.2. The molecule has 30 heavy (non-hydrogen) atoms. The molecule has 0 bridgehead atoms. The molecule has 0 spiro atoms. The number of carbonyl (C=O) groups is 2. The number of fused-ring (bicyclic) bond motifs is 1. The van der Waals surface area contributed by atoms with E-state index in [2.05, 4.69) is 12.2 Å². The smallest absolute Gasteiger partial charge is 0.243 e. The van der Waals surface area contributed by atoms with Gasteiger partial charge in [-0.1, -0.05) is 13.8 Å². The molecule has 3 rings (SSSR count). The molecule has 1 saturated heterocycles. The fourth-order valence-electron chi connectivity index (χ4n) is 4.07. The first-order chi connectivity index (χ1) is 14.0. The summed E-state index contributed by atoms with van der Waals surface area (Å²) in [5.41, 5.74) is 0.360. The number of carbonyl (C=O) groups excluding carboxylic acids is 2. The molecule has 1 atom stereocenters. The second-order valence-electron chi connectivity index (χ2n) is 9.16. The third-order valence-corrected chi connectivity index (χ3v) is 8.31. The van der Waals surface area contributed by atoms with E-state index in [-0.39, 0.29) is 29.3 Å². The van der Waals surface area contributed by atoms with Crippen LogP contribution in [-0.2, 0) is 25.0 Å². The van der Waals surface area contributed by atoms with Crippen LogP contribution in [0.1, 0.15) is 59.4 Å². The van der Waals surface area contributed by atoms with E-state index in [1.165, 1.54) is 9.21 Å². The molecular formula is C22H33N3O4S. The first kappa shape index (κ1) is 22.7. The zero-order chi connectivity index (χ0) is 22.3. The Hall–Kier alpha value is -1.93. The molecule has 0 saturated carbocycles. The minimum Gasteiger partial charge on any atom is -0.352 e. The summed E-state index contributed by atoms with van der Waals surface area (Å²) in [5.74, 6) is 0.113. The molecule has 1 unspecified atom stereocenters. The highest BCUT2D eigenvalue weighted by Gasteiger charge is 2.45. The fraction of sp³-hybridized carbons (Fsp3) is 0.636. The van der Waals surface area contributed by atoms with Gasteiger partial charge in [-0.25, -0.2) is 8.42 Å². The Kier molecular flexibility index (Phi) is 6.30. The minimum absolute atomic E-state index is 0.0301. The Morgan fingerprint density at radius 3 is 2.50 bits per heavy atom. The number of piperidine rings is 1. The summed E-state index contributed by atoms with van der Waals surface area (Å²) in [7, 11) is -3.61. The molecule has 166 valence electrons. The topological polar surface area (TPSA) is 86.8 Å². The number of hydrogen-bond acceptors (Lipinski definition) is 4. The molecule has 1 fully saturated rings. The van der Waals surface area contributed by atoms with Crippen LogP contribution in [0.3, 0.4) is 0 Å². The molecule has 0 aromatic heterocycles. The molecule has 0 aliphatic carbocycles. The summed E-state index contributed by atoms with van der Waals surface area (Å²) in [6, 6.07) is 4.87. The Bertz CT molecular complexity index is 934. The molecule has 2 heterocycles. The maximum Gasteiger partial charge on any atom is 0.243 e. The highest BCUT2D eigenvalue weighted by Crippen LogP contribution is 2.42. The van der Waals surface area contributed by atoms with Crippen LogP contribution in [0, 0.1) is 5.92 Å². The highest BCUT2D eigenvalue weighted by molar-refractivity contribution is 7.89. The van der Waals surface area contributed by atoms with Crippen molar-refractivity contribution < 1.29 is 18.0 Å². The van der Waals surface area contributed by atoms with Crippen LogP contribution in [0.5, 0.6) is 0 Å². The normalized spacial score (nSPS) is 20.8. The molecule has 0 radical (unpaired) electrons. The second kappa shape index (κ2) is 8.30. The molecule has 1 aromatic rings. The van der Waals surface area contributed by atoms with Crippen molar-refractivity contribution in [3.05, 3.63) is 23.8 Å². The van der Waals surface area contributed by atoms with Crippen molar-refractivity contribution in [2.24, 2.45) is 5.92 Å². The first-order valence-corrected chi connectivity index (χ1v) is 12.2. The van der Waals surface area contributed by atoms with E-state index in [9.17, 15) is 18.0 Å². The average molecular weight is 436 g/mol. The summed E-state index contributed by atoms with van der Waals surface area (Å²) in [6.07, 6.45) is 2.51. The van der Waals surface area contributed by atoms with Crippen molar-refractivity contribution in [2.75, 3.05) is 24.5 Å². The van der Waals surface area contributed by atoms with Crippen molar-refractivity contribution in [1.82, 2.24) is 9.62 Å². The van der Waals surface area contributed by atoms with Crippen LogP contribution in [0.25, 0.3) is 0 Å². The summed E-state index contributed by atoms with van der Waals surface area (Å²) < 4.78 is 27.9. The molecule has 7 nitrogen and oxygen atoms in total. The lowest BCUT2D eigenvalue weighted by Crippen LogP contribution is -2.44. The van der Waals surface area contributed by atoms with E-state index in [0.29, 0.717) is 30.3 Å². The summed E-state index contributed by atoms with van der Waals surface area (Å²) >= 11 is 0. The van der Waals surface area contributed by atoms with Crippen molar-refractivity contribution >= 4 is 27.5 Å². The molecule has 1 aromatic carbocycles. The summed E-state index contributed by atoms with van der Waals surface area (Å²) in [6.45, 7) is 10.6. The zero-order valence-corrected chi connectivity index (χ0v) is 19.4. The highest BCUT2D eigenvalue weighted by atomic mass is 32.2. The van der Waals surface area contributed by atoms with Crippen LogP contribution in [0.2, 0.25) is 0 Å². The van der Waals surface area contributed by atoms with Gasteiger partial charge < -0.3 is 10.2 Å². The van der Waals surface area contributed by atoms with Gasteiger partial charge in [-0.2, -0.15) is 4.31 Å². The van der Waals surface area contributed by atoms with Gasteiger partial charge in [0.05, 0.1) is 10.3 Å². The third-order valence-electron chi connectivity index (χ3n) is 6.41. The van der Waals surface area contributed by atoms with Gasteiger partial charge >= 0.3 is 0 Å². The van der Waals surface area contributed by atoms with E-state index in [1.807, 2.05) is 13.8 Å². The fourth-order valence-corrected chi connectivity index (χ4v) is 5.57. The van der Waals surface area contributed by atoms with Crippen LogP contribution in [-0.4, -0.2) is 50.2 Å². The van der Waals surface area contributed by atoms with Crippen molar-refractivity contribution in [1.29, 1.82) is 0 Å². The predicted octanol–water partition coefficient (Wildman–Crippen LogP) is 2.65. The molecule has 2 aliphatic heterocycles. The van der Waals surface area contributed by atoms with Gasteiger partial charge in [0.2, 0.25) is 21.8 Å².